The van der Waals surface area contributed by atoms with Crippen molar-refractivity contribution >= 4 is 39.1 Å². The summed E-state index contributed by atoms with van der Waals surface area (Å²) in [7, 11) is 0. The van der Waals surface area contributed by atoms with Gasteiger partial charge in [-0.1, -0.05) is 19.8 Å². The Balaban J connectivity index is 2.37. The summed E-state index contributed by atoms with van der Waals surface area (Å²) in [6.45, 7) is 2.00. The van der Waals surface area contributed by atoms with Gasteiger partial charge in [0.1, 0.15) is 6.04 Å². The van der Waals surface area contributed by atoms with Gasteiger partial charge in [0.15, 0.2) is 0 Å². The zero-order valence-corrected chi connectivity index (χ0v) is 13.2. The average molecular weight is 348 g/mol. The molecule has 1 atom stereocenters. The highest BCUT2D eigenvalue weighted by Crippen LogP contribution is 2.20. The van der Waals surface area contributed by atoms with E-state index in [0.29, 0.717) is 19.3 Å². The normalized spacial score (nSPS) is 12.1. The molecule has 0 aromatic carbocycles. The topological polar surface area (TPSA) is 66.4 Å². The van der Waals surface area contributed by atoms with Crippen LogP contribution >= 0.6 is 27.3 Å². The predicted molar refractivity (Wildman–Crippen MR) is 79.4 cm³/mol. The van der Waals surface area contributed by atoms with Crippen LogP contribution in [0.1, 0.15) is 37.5 Å². The summed E-state index contributed by atoms with van der Waals surface area (Å²) < 4.78 is 1.01. The Morgan fingerprint density at radius 3 is 2.79 bits per heavy atom. The molecule has 0 saturated heterocycles. The Morgan fingerprint density at radius 1 is 1.53 bits per heavy atom. The molecule has 1 unspecified atom stereocenters. The number of rotatable bonds is 8. The van der Waals surface area contributed by atoms with Crippen LogP contribution in [0.5, 0.6) is 0 Å². The maximum absolute atomic E-state index is 11.7. The van der Waals surface area contributed by atoms with Crippen LogP contribution in [0.25, 0.3) is 0 Å². The summed E-state index contributed by atoms with van der Waals surface area (Å²) in [5, 5.41) is 13.6. The first-order chi connectivity index (χ1) is 9.02. The molecule has 1 heterocycles. The van der Waals surface area contributed by atoms with Crippen LogP contribution in [0, 0.1) is 0 Å². The van der Waals surface area contributed by atoms with Crippen LogP contribution in [0.15, 0.2) is 15.9 Å². The van der Waals surface area contributed by atoms with Gasteiger partial charge in [0, 0.05) is 21.2 Å². The number of hydrogen-bond acceptors (Lipinski definition) is 3. The van der Waals surface area contributed by atoms with Gasteiger partial charge in [0.05, 0.1) is 0 Å². The van der Waals surface area contributed by atoms with Crippen LogP contribution in [-0.4, -0.2) is 23.0 Å². The molecule has 1 amide bonds. The SMILES string of the molecule is CCCCC(NC(=O)CCc1cc(Br)cs1)C(=O)O. The second-order valence-corrected chi connectivity index (χ2v) is 6.24. The van der Waals surface area contributed by atoms with Crippen molar-refractivity contribution in [2.24, 2.45) is 0 Å². The average Bonchev–Trinajstić information content (AvgIpc) is 2.77. The molecule has 1 aromatic rings. The van der Waals surface area contributed by atoms with E-state index in [4.69, 9.17) is 5.11 Å². The van der Waals surface area contributed by atoms with Crippen LogP contribution in [-0.2, 0) is 16.0 Å². The third-order valence-electron chi connectivity index (χ3n) is 2.70. The molecule has 4 nitrogen and oxygen atoms in total. The Kier molecular flexibility index (Phi) is 7.09. The summed E-state index contributed by atoms with van der Waals surface area (Å²) in [4.78, 5) is 23.8. The number of aryl methyl sites for hydroxylation is 1. The first kappa shape index (κ1) is 16.2. The fourth-order valence-corrected chi connectivity index (χ4v) is 3.11. The van der Waals surface area contributed by atoms with Gasteiger partial charge in [-0.25, -0.2) is 4.79 Å². The minimum atomic E-state index is -0.958. The van der Waals surface area contributed by atoms with E-state index >= 15 is 0 Å². The molecule has 0 radical (unpaired) electrons. The fourth-order valence-electron chi connectivity index (χ4n) is 1.65. The number of unbranched alkanes of at least 4 members (excludes halogenated alkanes) is 1. The van der Waals surface area contributed by atoms with Crippen molar-refractivity contribution in [1.29, 1.82) is 0 Å². The predicted octanol–water partition coefficient (Wildman–Crippen LogP) is 3.20. The van der Waals surface area contributed by atoms with Gasteiger partial charge >= 0.3 is 5.97 Å². The van der Waals surface area contributed by atoms with E-state index in [0.717, 1.165) is 22.2 Å². The molecule has 19 heavy (non-hydrogen) atoms. The molecule has 6 heteroatoms. The van der Waals surface area contributed by atoms with Crippen molar-refractivity contribution in [2.75, 3.05) is 0 Å². The summed E-state index contributed by atoms with van der Waals surface area (Å²) in [5.41, 5.74) is 0. The van der Waals surface area contributed by atoms with Crippen molar-refractivity contribution in [3.05, 3.63) is 20.8 Å². The molecule has 0 fully saturated rings. The molecule has 1 aromatic heterocycles. The lowest BCUT2D eigenvalue weighted by Gasteiger charge is -2.13. The second kappa shape index (κ2) is 8.32. The van der Waals surface area contributed by atoms with Crippen molar-refractivity contribution in [1.82, 2.24) is 5.32 Å². The molecular weight excluding hydrogens is 330 g/mol. The maximum Gasteiger partial charge on any atom is 0.326 e. The second-order valence-electron chi connectivity index (χ2n) is 4.33. The van der Waals surface area contributed by atoms with Crippen LogP contribution in [0.4, 0.5) is 0 Å². The summed E-state index contributed by atoms with van der Waals surface area (Å²) in [6, 6.07) is 1.21. The quantitative estimate of drug-likeness (QED) is 0.758. The van der Waals surface area contributed by atoms with Crippen molar-refractivity contribution in [3.63, 3.8) is 0 Å². The zero-order chi connectivity index (χ0) is 14.3. The van der Waals surface area contributed by atoms with Crippen LogP contribution in [0.2, 0.25) is 0 Å². The maximum atomic E-state index is 11.7. The molecule has 0 bridgehead atoms. The van der Waals surface area contributed by atoms with E-state index in [9.17, 15) is 9.59 Å². The molecule has 1 rings (SSSR count). The number of carboxylic acids is 1. The number of carboxylic acid groups (broad SMARTS) is 1. The van der Waals surface area contributed by atoms with E-state index in [2.05, 4.69) is 21.2 Å². The minimum absolute atomic E-state index is 0.201. The third kappa shape index (κ3) is 6.20. The molecule has 0 aliphatic heterocycles. The molecule has 0 spiro atoms. The molecule has 0 aliphatic rings. The minimum Gasteiger partial charge on any atom is -0.480 e. The highest BCUT2D eigenvalue weighted by molar-refractivity contribution is 9.10. The standard InChI is InChI=1S/C13H18BrNO3S/c1-2-3-4-11(13(17)18)15-12(16)6-5-10-7-9(14)8-19-10/h7-8,11H,2-6H2,1H3,(H,15,16)(H,17,18). The van der Waals surface area contributed by atoms with Crippen LogP contribution < -0.4 is 5.32 Å². The Labute approximate surface area is 125 Å². The summed E-state index contributed by atoms with van der Waals surface area (Å²) in [5.74, 6) is -1.16. The largest absolute Gasteiger partial charge is 0.480 e. The van der Waals surface area contributed by atoms with Crippen molar-refractivity contribution in [3.8, 4) is 0 Å². The number of nitrogens with one attached hydrogen (secondary N) is 1. The number of hydrogen-bond donors (Lipinski definition) is 2. The fraction of sp³-hybridized carbons (Fsp3) is 0.538. The first-order valence-electron chi connectivity index (χ1n) is 6.28. The van der Waals surface area contributed by atoms with Gasteiger partial charge in [-0.3, -0.25) is 4.79 Å². The van der Waals surface area contributed by atoms with Crippen molar-refractivity contribution in [2.45, 2.75) is 45.1 Å². The lowest BCUT2D eigenvalue weighted by molar-refractivity contribution is -0.142. The monoisotopic (exact) mass is 347 g/mol. The number of halogens is 1. The molecule has 106 valence electrons. The lowest BCUT2D eigenvalue weighted by Crippen LogP contribution is -2.40. The molecule has 2 N–H and O–H groups in total. The van der Waals surface area contributed by atoms with Crippen molar-refractivity contribution < 1.29 is 14.7 Å². The van der Waals surface area contributed by atoms with Crippen LogP contribution in [0.3, 0.4) is 0 Å². The Bertz CT molecular complexity index is 433. The van der Waals surface area contributed by atoms with Gasteiger partial charge in [-0.05, 0) is 34.8 Å². The highest BCUT2D eigenvalue weighted by atomic mass is 79.9. The third-order valence-corrected chi connectivity index (χ3v) is 4.46. The van der Waals surface area contributed by atoms with Gasteiger partial charge in [-0.2, -0.15) is 0 Å². The van der Waals surface area contributed by atoms with E-state index in [-0.39, 0.29) is 5.91 Å². The molecule has 0 aliphatic carbocycles. The Hall–Kier alpha value is -0.880. The van der Waals surface area contributed by atoms with Gasteiger partial charge in [-0.15, -0.1) is 11.3 Å². The van der Waals surface area contributed by atoms with Gasteiger partial charge < -0.3 is 10.4 Å². The van der Waals surface area contributed by atoms with Gasteiger partial charge in [0.2, 0.25) is 5.91 Å². The van der Waals surface area contributed by atoms with Gasteiger partial charge in [0.25, 0.3) is 0 Å². The number of carbonyl (C=O) groups is 2. The van der Waals surface area contributed by atoms with E-state index in [1.165, 1.54) is 0 Å². The molecular formula is C13H18BrNO3S. The van der Waals surface area contributed by atoms with E-state index in [1.54, 1.807) is 11.3 Å². The highest BCUT2D eigenvalue weighted by Gasteiger charge is 2.18. The van der Waals surface area contributed by atoms with E-state index < -0.39 is 12.0 Å². The molecule has 0 saturated carbocycles. The van der Waals surface area contributed by atoms with E-state index in [1.807, 2.05) is 18.4 Å². The first-order valence-corrected chi connectivity index (χ1v) is 7.95. The lowest BCUT2D eigenvalue weighted by atomic mass is 10.1. The zero-order valence-electron chi connectivity index (χ0n) is 10.8. The summed E-state index contributed by atoms with van der Waals surface area (Å²) in [6.07, 6.45) is 3.17. The number of amides is 1. The number of aliphatic carboxylic acids is 1. The number of carbonyl (C=O) groups excluding carboxylic acids is 1. The summed E-state index contributed by atoms with van der Waals surface area (Å²) >= 11 is 4.95. The smallest absolute Gasteiger partial charge is 0.326 e. The number of thiophene rings is 1. The Morgan fingerprint density at radius 2 is 2.26 bits per heavy atom.